The molecule has 1 atom stereocenters. The normalized spacial score (nSPS) is 24.7. The lowest BCUT2D eigenvalue weighted by Crippen LogP contribution is -2.50. The van der Waals surface area contributed by atoms with E-state index in [2.05, 4.69) is 15.9 Å². The minimum Gasteiger partial charge on any atom is -0.349 e. The van der Waals surface area contributed by atoms with Crippen molar-refractivity contribution < 1.29 is 17.9 Å². The monoisotopic (exact) mass is 389 g/mol. The van der Waals surface area contributed by atoms with Crippen LogP contribution in [0.1, 0.15) is 24.8 Å². The number of benzene rings is 1. The van der Waals surface area contributed by atoms with E-state index in [0.717, 1.165) is 29.3 Å². The first kappa shape index (κ1) is 16.4. The summed E-state index contributed by atoms with van der Waals surface area (Å²) in [4.78, 5) is 0.332. The largest absolute Gasteiger partial charge is 0.349 e. The Hall–Kier alpha value is -0.470. The first-order valence-electron chi connectivity index (χ1n) is 7.51. The number of ether oxygens (including phenoxy) is 2. The average Bonchev–Trinajstić information content (AvgIpc) is 3.04. The highest BCUT2D eigenvalue weighted by Crippen LogP contribution is 2.31. The van der Waals surface area contributed by atoms with Crippen molar-refractivity contribution in [1.82, 2.24) is 4.31 Å². The molecule has 2 saturated heterocycles. The van der Waals surface area contributed by atoms with Gasteiger partial charge in [0.1, 0.15) is 0 Å². The van der Waals surface area contributed by atoms with Crippen LogP contribution in [0.25, 0.3) is 0 Å². The van der Waals surface area contributed by atoms with Crippen molar-refractivity contribution in [1.29, 1.82) is 0 Å². The van der Waals surface area contributed by atoms with E-state index < -0.39 is 16.3 Å². The molecule has 1 unspecified atom stereocenters. The predicted octanol–water partition coefficient (Wildman–Crippen LogP) is 2.67. The molecule has 2 heterocycles. The van der Waals surface area contributed by atoms with Gasteiger partial charge in [-0.1, -0.05) is 22.4 Å². The first-order valence-corrected chi connectivity index (χ1v) is 9.74. The molecule has 3 rings (SSSR count). The average molecular weight is 390 g/mol. The van der Waals surface area contributed by atoms with Gasteiger partial charge in [0, 0.05) is 11.0 Å². The summed E-state index contributed by atoms with van der Waals surface area (Å²) in [5.41, 5.74) is 0.906. The highest BCUT2D eigenvalue weighted by atomic mass is 79.9. The van der Waals surface area contributed by atoms with Crippen LogP contribution in [0.4, 0.5) is 0 Å². The molecule has 1 aromatic carbocycles. The third-order valence-electron chi connectivity index (χ3n) is 4.20. The fraction of sp³-hybridized carbons (Fsp3) is 0.600. The van der Waals surface area contributed by atoms with Crippen LogP contribution in [0, 0.1) is 6.92 Å². The first-order chi connectivity index (χ1) is 10.5. The molecule has 0 bridgehead atoms. The van der Waals surface area contributed by atoms with E-state index >= 15 is 0 Å². The number of rotatable bonds is 3. The summed E-state index contributed by atoms with van der Waals surface area (Å²) in [6, 6.07) is 4.91. The number of sulfonamides is 1. The molecular formula is C15H20BrNO4S. The molecule has 0 saturated carbocycles. The highest BCUT2D eigenvalue weighted by Gasteiger charge is 2.40. The molecule has 2 aliphatic rings. The number of halogens is 1. The zero-order chi connectivity index (χ0) is 15.7. The minimum atomic E-state index is -3.54. The van der Waals surface area contributed by atoms with Crippen LogP contribution in [0.3, 0.4) is 0 Å². The van der Waals surface area contributed by atoms with Gasteiger partial charge in [-0.15, -0.1) is 0 Å². The van der Waals surface area contributed by atoms with Gasteiger partial charge in [0.25, 0.3) is 0 Å². The molecule has 2 aliphatic heterocycles. The van der Waals surface area contributed by atoms with Crippen LogP contribution in [0.5, 0.6) is 0 Å². The Kier molecular flexibility index (Phi) is 4.89. The smallest absolute Gasteiger partial charge is 0.243 e. The predicted molar refractivity (Wildman–Crippen MR) is 86.1 cm³/mol. The van der Waals surface area contributed by atoms with Gasteiger partial charge in [-0.05, 0) is 43.5 Å². The maximum absolute atomic E-state index is 13.0. The third kappa shape index (κ3) is 3.10. The topological polar surface area (TPSA) is 55.8 Å². The van der Waals surface area contributed by atoms with Crippen molar-refractivity contribution in [2.45, 2.75) is 43.4 Å². The number of aryl methyl sites for hydroxylation is 1. The third-order valence-corrected chi connectivity index (χ3v) is 7.01. The summed E-state index contributed by atoms with van der Waals surface area (Å²) < 4.78 is 39.6. The molecule has 0 aromatic heterocycles. The van der Waals surface area contributed by atoms with Crippen molar-refractivity contribution in [2.75, 3.05) is 19.8 Å². The molecule has 122 valence electrons. The Morgan fingerprint density at radius 1 is 1.23 bits per heavy atom. The van der Waals surface area contributed by atoms with Gasteiger partial charge < -0.3 is 9.47 Å². The van der Waals surface area contributed by atoms with Crippen molar-refractivity contribution in [3.05, 3.63) is 28.2 Å². The van der Waals surface area contributed by atoms with Crippen LogP contribution < -0.4 is 0 Å². The van der Waals surface area contributed by atoms with Gasteiger partial charge >= 0.3 is 0 Å². The summed E-state index contributed by atoms with van der Waals surface area (Å²) in [5, 5.41) is 0. The van der Waals surface area contributed by atoms with Crippen molar-refractivity contribution in [3.8, 4) is 0 Å². The van der Waals surface area contributed by atoms with Crippen LogP contribution in [0.2, 0.25) is 0 Å². The van der Waals surface area contributed by atoms with E-state index in [1.807, 2.05) is 6.92 Å². The van der Waals surface area contributed by atoms with E-state index in [-0.39, 0.29) is 6.04 Å². The van der Waals surface area contributed by atoms with Gasteiger partial charge in [-0.2, -0.15) is 4.31 Å². The van der Waals surface area contributed by atoms with E-state index in [0.29, 0.717) is 24.7 Å². The van der Waals surface area contributed by atoms with E-state index in [1.54, 1.807) is 22.5 Å². The lowest BCUT2D eigenvalue weighted by atomic mass is 10.0. The Morgan fingerprint density at radius 2 is 1.95 bits per heavy atom. The van der Waals surface area contributed by atoms with Crippen molar-refractivity contribution in [2.24, 2.45) is 0 Å². The van der Waals surface area contributed by atoms with E-state index in [4.69, 9.17) is 9.47 Å². The number of nitrogens with zero attached hydrogens (tertiary/aromatic N) is 1. The SMILES string of the molecule is Cc1cc(S(=O)(=O)N2CCCCC2C2OCCO2)ccc1Br. The fourth-order valence-electron chi connectivity index (χ4n) is 3.01. The zero-order valence-electron chi connectivity index (χ0n) is 12.5. The van der Waals surface area contributed by atoms with Gasteiger partial charge in [0.05, 0.1) is 24.2 Å². The summed E-state index contributed by atoms with van der Waals surface area (Å²) >= 11 is 3.41. The molecule has 0 amide bonds. The summed E-state index contributed by atoms with van der Waals surface area (Å²) in [6.45, 7) is 3.48. The van der Waals surface area contributed by atoms with Crippen LogP contribution in [-0.2, 0) is 19.5 Å². The Bertz CT molecular complexity index is 643. The second kappa shape index (κ2) is 6.57. The van der Waals surface area contributed by atoms with Crippen LogP contribution in [0.15, 0.2) is 27.6 Å². The Morgan fingerprint density at radius 3 is 2.64 bits per heavy atom. The quantitative estimate of drug-likeness (QED) is 0.797. The van der Waals surface area contributed by atoms with E-state index in [9.17, 15) is 8.42 Å². The molecule has 0 aliphatic carbocycles. The summed E-state index contributed by atoms with van der Waals surface area (Å²) in [6.07, 6.45) is 2.21. The summed E-state index contributed by atoms with van der Waals surface area (Å²) in [7, 11) is -3.54. The Balaban J connectivity index is 1.92. The molecule has 5 nitrogen and oxygen atoms in total. The van der Waals surface area contributed by atoms with Crippen LogP contribution in [-0.4, -0.2) is 44.8 Å². The van der Waals surface area contributed by atoms with Gasteiger partial charge in [0.15, 0.2) is 6.29 Å². The van der Waals surface area contributed by atoms with Crippen molar-refractivity contribution >= 4 is 26.0 Å². The molecule has 0 N–H and O–H groups in total. The highest BCUT2D eigenvalue weighted by molar-refractivity contribution is 9.10. The lowest BCUT2D eigenvalue weighted by Gasteiger charge is -2.36. The Labute approximate surface area is 139 Å². The molecule has 1 aromatic rings. The van der Waals surface area contributed by atoms with Crippen LogP contribution >= 0.6 is 15.9 Å². The summed E-state index contributed by atoms with van der Waals surface area (Å²) in [5.74, 6) is 0. The maximum Gasteiger partial charge on any atom is 0.243 e. The standard InChI is InChI=1S/C15H20BrNO4S/c1-11-10-12(5-6-13(11)16)22(18,19)17-7-3-2-4-14(17)15-20-8-9-21-15/h5-6,10,14-15H,2-4,7-9H2,1H3. The van der Waals surface area contributed by atoms with Gasteiger partial charge in [-0.25, -0.2) is 8.42 Å². The van der Waals surface area contributed by atoms with E-state index in [1.165, 1.54) is 0 Å². The second-order valence-corrected chi connectivity index (χ2v) is 8.44. The molecule has 22 heavy (non-hydrogen) atoms. The zero-order valence-corrected chi connectivity index (χ0v) is 14.9. The molecular weight excluding hydrogens is 370 g/mol. The maximum atomic E-state index is 13.0. The molecule has 0 spiro atoms. The number of piperidine rings is 1. The molecule has 7 heteroatoms. The lowest BCUT2D eigenvalue weighted by molar-refractivity contribution is -0.0913. The second-order valence-electron chi connectivity index (χ2n) is 5.70. The fourth-order valence-corrected chi connectivity index (χ4v) is 5.03. The number of hydrogen-bond donors (Lipinski definition) is 0. The molecule has 0 radical (unpaired) electrons. The minimum absolute atomic E-state index is 0.231. The van der Waals surface area contributed by atoms with Crippen molar-refractivity contribution in [3.63, 3.8) is 0 Å². The van der Waals surface area contributed by atoms with Gasteiger partial charge in [0.2, 0.25) is 10.0 Å². The number of hydrogen-bond acceptors (Lipinski definition) is 4. The molecule has 2 fully saturated rings. The van der Waals surface area contributed by atoms with Gasteiger partial charge in [-0.3, -0.25) is 0 Å².